The lowest BCUT2D eigenvalue weighted by molar-refractivity contribution is -0.123. The third-order valence-electron chi connectivity index (χ3n) is 7.73. The minimum absolute atomic E-state index is 0.0733. The molecule has 1 saturated heterocycles. The summed E-state index contributed by atoms with van der Waals surface area (Å²) in [5.74, 6) is -1.37. The second kappa shape index (κ2) is 7.17. The molecule has 36 heavy (non-hydrogen) atoms. The molecule has 0 spiro atoms. The maximum absolute atomic E-state index is 12.4. The van der Waals surface area contributed by atoms with Crippen LogP contribution in [0.25, 0.3) is 6.08 Å². The molecule has 3 aromatic rings. The van der Waals surface area contributed by atoms with E-state index in [-0.39, 0.29) is 16.4 Å². The SMILES string of the molecule is Cc1ccc2c(c1)C(C)(C)c1cc(C)cc3c1N2c1sc(C=C2C(=O)NC(=O)NC2=O)cc1C3(C)C. The van der Waals surface area contributed by atoms with E-state index in [1.807, 2.05) is 0 Å². The highest BCUT2D eigenvalue weighted by Gasteiger charge is 2.46. The molecular formula is C29H27N3O3S. The lowest BCUT2D eigenvalue weighted by atomic mass is 9.67. The molecular weight excluding hydrogens is 470 g/mol. The average molecular weight is 498 g/mol. The first kappa shape index (κ1) is 22.7. The number of nitrogens with one attached hydrogen (secondary N) is 2. The summed E-state index contributed by atoms with van der Waals surface area (Å²) in [7, 11) is 0. The Balaban J connectivity index is 1.62. The lowest BCUT2D eigenvalue weighted by Crippen LogP contribution is -2.51. The van der Waals surface area contributed by atoms with Crippen LogP contribution in [0.3, 0.4) is 0 Å². The highest BCUT2D eigenvalue weighted by atomic mass is 32.1. The number of urea groups is 1. The molecule has 4 amide bonds. The second-order valence-electron chi connectivity index (χ2n) is 11.0. The number of hydrogen-bond acceptors (Lipinski definition) is 5. The van der Waals surface area contributed by atoms with Gasteiger partial charge < -0.3 is 4.90 Å². The quantitative estimate of drug-likeness (QED) is 0.326. The third kappa shape index (κ3) is 2.99. The summed E-state index contributed by atoms with van der Waals surface area (Å²) >= 11 is 1.55. The van der Waals surface area contributed by atoms with Gasteiger partial charge in [-0.3, -0.25) is 20.2 Å². The zero-order valence-electron chi connectivity index (χ0n) is 21.1. The van der Waals surface area contributed by atoms with Crippen molar-refractivity contribution in [1.82, 2.24) is 10.6 Å². The number of nitrogens with zero attached hydrogens (tertiary/aromatic N) is 1. The first-order chi connectivity index (χ1) is 16.9. The van der Waals surface area contributed by atoms with Gasteiger partial charge in [-0.15, -0.1) is 11.3 Å². The molecule has 182 valence electrons. The summed E-state index contributed by atoms with van der Waals surface area (Å²) in [6.07, 6.45) is 1.58. The van der Waals surface area contributed by atoms with Crippen molar-refractivity contribution in [2.45, 2.75) is 52.4 Å². The molecule has 0 unspecified atom stereocenters. The number of rotatable bonds is 1. The fourth-order valence-electron chi connectivity index (χ4n) is 5.77. The van der Waals surface area contributed by atoms with Crippen molar-refractivity contribution in [3.05, 3.63) is 80.2 Å². The summed E-state index contributed by atoms with van der Waals surface area (Å²) < 4.78 is 0. The number of thiophene rings is 1. The van der Waals surface area contributed by atoms with Gasteiger partial charge in [0, 0.05) is 15.7 Å². The minimum Gasteiger partial charge on any atom is -0.301 e. The van der Waals surface area contributed by atoms with Crippen molar-refractivity contribution in [3.8, 4) is 0 Å². The molecule has 0 radical (unpaired) electrons. The van der Waals surface area contributed by atoms with Crippen molar-refractivity contribution >= 4 is 51.6 Å². The Kier molecular flexibility index (Phi) is 4.53. The highest BCUT2D eigenvalue weighted by molar-refractivity contribution is 7.17. The molecule has 3 aliphatic heterocycles. The van der Waals surface area contributed by atoms with E-state index in [0.29, 0.717) is 0 Å². The zero-order valence-corrected chi connectivity index (χ0v) is 21.9. The number of hydrogen-bond donors (Lipinski definition) is 2. The molecule has 6 nitrogen and oxygen atoms in total. The molecule has 0 atom stereocenters. The van der Waals surface area contributed by atoms with Crippen LogP contribution in [0.5, 0.6) is 0 Å². The van der Waals surface area contributed by atoms with Gasteiger partial charge in [0.1, 0.15) is 10.6 Å². The van der Waals surface area contributed by atoms with Gasteiger partial charge in [0.15, 0.2) is 0 Å². The summed E-state index contributed by atoms with van der Waals surface area (Å²) in [5, 5.41) is 5.40. The number of fused-ring (bicyclic) bond motifs is 4. The molecule has 3 aliphatic rings. The molecule has 7 heteroatoms. The van der Waals surface area contributed by atoms with Gasteiger partial charge >= 0.3 is 6.03 Å². The van der Waals surface area contributed by atoms with Gasteiger partial charge in [-0.1, -0.05) is 63.1 Å². The fraction of sp³-hybridized carbons (Fsp3) is 0.276. The van der Waals surface area contributed by atoms with Crippen LogP contribution in [0.15, 0.2) is 42.0 Å². The number of carbonyl (C=O) groups excluding carboxylic acids is 3. The molecule has 4 heterocycles. The van der Waals surface area contributed by atoms with Crippen LogP contribution < -0.4 is 15.5 Å². The first-order valence-electron chi connectivity index (χ1n) is 12.0. The number of anilines is 3. The summed E-state index contributed by atoms with van der Waals surface area (Å²) in [6, 6.07) is 12.5. The summed E-state index contributed by atoms with van der Waals surface area (Å²) in [4.78, 5) is 39.4. The van der Waals surface area contributed by atoms with Gasteiger partial charge in [0.25, 0.3) is 11.8 Å². The Morgan fingerprint density at radius 2 is 1.36 bits per heavy atom. The molecule has 1 fully saturated rings. The zero-order chi connectivity index (χ0) is 25.7. The monoisotopic (exact) mass is 497 g/mol. The highest BCUT2D eigenvalue weighted by Crippen LogP contribution is 2.62. The van der Waals surface area contributed by atoms with Crippen LogP contribution in [0.4, 0.5) is 21.2 Å². The van der Waals surface area contributed by atoms with Crippen LogP contribution in [0, 0.1) is 13.8 Å². The van der Waals surface area contributed by atoms with Crippen LogP contribution in [-0.4, -0.2) is 17.8 Å². The average Bonchev–Trinajstić information content (AvgIpc) is 3.21. The Morgan fingerprint density at radius 1 is 0.778 bits per heavy atom. The molecule has 2 aromatic carbocycles. The van der Waals surface area contributed by atoms with E-state index in [2.05, 4.69) is 93.5 Å². The van der Waals surface area contributed by atoms with Crippen molar-refractivity contribution in [3.63, 3.8) is 0 Å². The Bertz CT molecular complexity index is 1550. The molecule has 0 saturated carbocycles. The van der Waals surface area contributed by atoms with E-state index in [1.54, 1.807) is 17.4 Å². The standard InChI is InChI=1S/C29H27N3O3S/c1-14-7-8-22-18(9-14)28(3,4)19-10-15(2)11-20-23(19)32(22)26-21(29(20,5)6)13-16(36-26)12-17-24(33)30-27(35)31-25(17)34/h7-13H,1-6H3,(H2,30,31,33,34,35). The van der Waals surface area contributed by atoms with Crippen LogP contribution in [-0.2, 0) is 20.4 Å². The molecule has 0 bridgehead atoms. The number of aryl methyl sites for hydroxylation is 2. The smallest absolute Gasteiger partial charge is 0.301 e. The van der Waals surface area contributed by atoms with Gasteiger partial charge in [-0.25, -0.2) is 4.79 Å². The molecule has 1 aromatic heterocycles. The molecule has 2 N–H and O–H groups in total. The van der Waals surface area contributed by atoms with Crippen molar-refractivity contribution in [2.75, 3.05) is 4.90 Å². The van der Waals surface area contributed by atoms with E-state index in [0.717, 1.165) is 21.1 Å². The van der Waals surface area contributed by atoms with E-state index in [9.17, 15) is 14.4 Å². The van der Waals surface area contributed by atoms with Crippen LogP contribution in [0.1, 0.15) is 66.0 Å². The van der Waals surface area contributed by atoms with Gasteiger partial charge in [0.05, 0.1) is 11.4 Å². The number of benzene rings is 2. The maximum Gasteiger partial charge on any atom is 0.328 e. The summed E-state index contributed by atoms with van der Waals surface area (Å²) in [6.45, 7) is 13.3. The van der Waals surface area contributed by atoms with E-state index >= 15 is 0 Å². The number of imide groups is 2. The van der Waals surface area contributed by atoms with Gasteiger partial charge in [0.2, 0.25) is 0 Å². The predicted molar refractivity (Wildman–Crippen MR) is 142 cm³/mol. The second-order valence-corrected chi connectivity index (χ2v) is 12.0. The fourth-order valence-corrected chi connectivity index (χ4v) is 7.06. The van der Waals surface area contributed by atoms with Gasteiger partial charge in [-0.05, 0) is 54.3 Å². The van der Waals surface area contributed by atoms with Crippen LogP contribution in [0.2, 0.25) is 0 Å². The summed E-state index contributed by atoms with van der Waals surface area (Å²) in [5.41, 5.74) is 9.26. The largest absolute Gasteiger partial charge is 0.328 e. The normalized spacial score (nSPS) is 18.7. The molecule has 0 aliphatic carbocycles. The van der Waals surface area contributed by atoms with Crippen molar-refractivity contribution < 1.29 is 14.4 Å². The van der Waals surface area contributed by atoms with Crippen LogP contribution >= 0.6 is 11.3 Å². The topological polar surface area (TPSA) is 78.5 Å². The third-order valence-corrected chi connectivity index (χ3v) is 8.80. The Labute approximate surface area is 214 Å². The number of amides is 4. The van der Waals surface area contributed by atoms with E-state index in [1.165, 1.54) is 33.5 Å². The van der Waals surface area contributed by atoms with E-state index < -0.39 is 17.8 Å². The number of barbiturate groups is 1. The first-order valence-corrected chi connectivity index (χ1v) is 12.8. The Hall–Kier alpha value is -3.71. The van der Waals surface area contributed by atoms with Crippen molar-refractivity contribution in [2.24, 2.45) is 0 Å². The number of carbonyl (C=O) groups is 3. The Morgan fingerprint density at radius 3 is 2.00 bits per heavy atom. The van der Waals surface area contributed by atoms with E-state index in [4.69, 9.17) is 0 Å². The maximum atomic E-state index is 12.4. The molecule has 6 rings (SSSR count). The lowest BCUT2D eigenvalue weighted by Gasteiger charge is -2.48. The predicted octanol–water partition coefficient (Wildman–Crippen LogP) is 5.86. The van der Waals surface area contributed by atoms with Gasteiger partial charge in [-0.2, -0.15) is 0 Å². The van der Waals surface area contributed by atoms with Crippen molar-refractivity contribution in [1.29, 1.82) is 0 Å². The minimum atomic E-state index is -0.796.